The van der Waals surface area contributed by atoms with E-state index >= 15 is 0 Å². The van der Waals surface area contributed by atoms with Crippen LogP contribution >= 0.6 is 0 Å². The summed E-state index contributed by atoms with van der Waals surface area (Å²) in [6.45, 7) is 1.56. The van der Waals surface area contributed by atoms with E-state index in [0.717, 1.165) is 0 Å². The molecule has 0 unspecified atom stereocenters. The molecule has 0 aliphatic carbocycles. The van der Waals surface area contributed by atoms with Crippen LogP contribution in [-0.2, 0) is 14.3 Å². The van der Waals surface area contributed by atoms with Crippen molar-refractivity contribution in [3.05, 3.63) is 29.8 Å². The van der Waals surface area contributed by atoms with E-state index in [9.17, 15) is 14.4 Å². The molecule has 6 heteroatoms. The van der Waals surface area contributed by atoms with Gasteiger partial charge in [-0.2, -0.15) is 0 Å². The lowest BCUT2D eigenvalue weighted by Crippen LogP contribution is -2.16. The lowest BCUT2D eigenvalue weighted by Gasteiger charge is -2.08. The first-order chi connectivity index (χ1) is 9.43. The van der Waals surface area contributed by atoms with Crippen LogP contribution in [0.5, 0.6) is 0 Å². The summed E-state index contributed by atoms with van der Waals surface area (Å²) in [5, 5.41) is 11.4. The van der Waals surface area contributed by atoms with E-state index < -0.39 is 17.9 Å². The Morgan fingerprint density at radius 2 is 1.85 bits per heavy atom. The van der Waals surface area contributed by atoms with Crippen molar-refractivity contribution in [3.8, 4) is 0 Å². The molecule has 1 atom stereocenters. The summed E-state index contributed by atoms with van der Waals surface area (Å²) in [5.74, 6) is -2.18. The molecule has 1 amide bonds. The van der Waals surface area contributed by atoms with Crippen molar-refractivity contribution >= 4 is 23.5 Å². The molecule has 0 bridgehead atoms. The number of esters is 1. The summed E-state index contributed by atoms with van der Waals surface area (Å²) in [4.78, 5) is 33.5. The van der Waals surface area contributed by atoms with Gasteiger partial charge in [-0.05, 0) is 30.7 Å². The minimum atomic E-state index is -0.916. The molecule has 0 saturated carbocycles. The molecule has 2 N–H and O–H groups in total. The second kappa shape index (κ2) is 7.28. The number of carboxylic acid groups (broad SMARTS) is 1. The molecular formula is C14H17NO5. The van der Waals surface area contributed by atoms with Crippen molar-refractivity contribution in [1.82, 2.24) is 0 Å². The molecule has 1 rings (SSSR count). The van der Waals surface area contributed by atoms with Gasteiger partial charge in [-0.25, -0.2) is 4.79 Å². The third kappa shape index (κ3) is 4.72. The highest BCUT2D eigenvalue weighted by Gasteiger charge is 2.13. The van der Waals surface area contributed by atoms with Crippen molar-refractivity contribution in [2.45, 2.75) is 19.8 Å². The van der Waals surface area contributed by atoms with E-state index in [-0.39, 0.29) is 18.7 Å². The zero-order valence-corrected chi connectivity index (χ0v) is 11.4. The Balaban J connectivity index is 2.50. The number of benzene rings is 1. The highest BCUT2D eigenvalue weighted by Crippen LogP contribution is 2.12. The highest BCUT2D eigenvalue weighted by molar-refractivity contribution is 5.93. The van der Waals surface area contributed by atoms with Gasteiger partial charge >= 0.3 is 11.9 Å². The average Bonchev–Trinajstić information content (AvgIpc) is 2.44. The molecule has 0 heterocycles. The molecule has 0 spiro atoms. The maximum Gasteiger partial charge on any atom is 0.337 e. The molecule has 0 aliphatic heterocycles. The number of ether oxygens (including phenoxy) is 1. The minimum absolute atomic E-state index is 0.131. The van der Waals surface area contributed by atoms with Crippen molar-refractivity contribution in [1.29, 1.82) is 0 Å². The molecule has 0 aliphatic rings. The van der Waals surface area contributed by atoms with Gasteiger partial charge in [0.15, 0.2) is 0 Å². The quantitative estimate of drug-likeness (QED) is 0.776. The lowest BCUT2D eigenvalue weighted by atomic mass is 10.1. The first kappa shape index (κ1) is 15.7. The van der Waals surface area contributed by atoms with Gasteiger partial charge < -0.3 is 15.2 Å². The zero-order chi connectivity index (χ0) is 15.1. The normalized spacial score (nSPS) is 11.5. The summed E-state index contributed by atoms with van der Waals surface area (Å²) in [6.07, 6.45) is 0.410. The first-order valence-corrected chi connectivity index (χ1v) is 6.15. The lowest BCUT2D eigenvalue weighted by molar-refractivity contribution is -0.141. The molecule has 0 saturated heterocycles. The van der Waals surface area contributed by atoms with Crippen LogP contribution in [0.15, 0.2) is 24.3 Å². The first-order valence-electron chi connectivity index (χ1n) is 6.15. The van der Waals surface area contributed by atoms with Crippen LogP contribution in [0.4, 0.5) is 5.69 Å². The van der Waals surface area contributed by atoms with E-state index in [0.29, 0.717) is 11.3 Å². The number of amides is 1. The monoisotopic (exact) mass is 279 g/mol. The van der Waals surface area contributed by atoms with Gasteiger partial charge in [0.05, 0.1) is 18.6 Å². The van der Waals surface area contributed by atoms with E-state index in [1.807, 2.05) is 0 Å². The van der Waals surface area contributed by atoms with Crippen molar-refractivity contribution in [3.63, 3.8) is 0 Å². The number of methoxy groups -OCH3 is 1. The number of aliphatic carboxylic acids is 1. The Morgan fingerprint density at radius 1 is 1.25 bits per heavy atom. The van der Waals surface area contributed by atoms with E-state index in [4.69, 9.17) is 5.11 Å². The van der Waals surface area contributed by atoms with E-state index in [1.165, 1.54) is 7.11 Å². The molecule has 0 radical (unpaired) electrons. The van der Waals surface area contributed by atoms with Crippen molar-refractivity contribution in [2.24, 2.45) is 5.92 Å². The van der Waals surface area contributed by atoms with Crippen molar-refractivity contribution < 1.29 is 24.2 Å². The maximum atomic E-state index is 11.6. The fraction of sp³-hybridized carbons (Fsp3) is 0.357. The second-order valence-corrected chi connectivity index (χ2v) is 4.40. The molecule has 0 fully saturated rings. The van der Waals surface area contributed by atoms with Gasteiger partial charge in [0.25, 0.3) is 0 Å². The van der Waals surface area contributed by atoms with Crippen LogP contribution in [-0.4, -0.2) is 30.1 Å². The smallest absolute Gasteiger partial charge is 0.337 e. The largest absolute Gasteiger partial charge is 0.481 e. The number of hydrogen-bond donors (Lipinski definition) is 2. The summed E-state index contributed by atoms with van der Waals surface area (Å²) in [6, 6.07) is 6.26. The zero-order valence-electron chi connectivity index (χ0n) is 11.4. The number of carbonyl (C=O) groups excluding carboxylic acids is 2. The van der Waals surface area contributed by atoms with Crippen LogP contribution in [0, 0.1) is 5.92 Å². The van der Waals surface area contributed by atoms with Gasteiger partial charge in [-0.15, -0.1) is 0 Å². The average molecular weight is 279 g/mol. The van der Waals surface area contributed by atoms with Gasteiger partial charge in [-0.3, -0.25) is 9.59 Å². The highest BCUT2D eigenvalue weighted by atomic mass is 16.5. The number of anilines is 1. The Morgan fingerprint density at radius 3 is 2.35 bits per heavy atom. The molecular weight excluding hydrogens is 262 g/mol. The topological polar surface area (TPSA) is 92.7 Å². The van der Waals surface area contributed by atoms with Crippen LogP contribution in [0.3, 0.4) is 0 Å². The fourth-order valence-electron chi connectivity index (χ4n) is 1.50. The van der Waals surface area contributed by atoms with Crippen LogP contribution < -0.4 is 5.32 Å². The number of hydrogen-bond acceptors (Lipinski definition) is 4. The Bertz CT molecular complexity index is 495. The summed E-state index contributed by atoms with van der Waals surface area (Å²) < 4.78 is 4.56. The van der Waals surface area contributed by atoms with Crippen LogP contribution in [0.25, 0.3) is 0 Å². The molecule has 108 valence electrons. The predicted molar refractivity (Wildman–Crippen MR) is 72.4 cm³/mol. The SMILES string of the molecule is COC(=O)c1ccc(NC(=O)CC[C@@H](C)C(=O)O)cc1. The molecule has 1 aromatic carbocycles. The number of rotatable bonds is 6. The number of nitrogens with one attached hydrogen (secondary N) is 1. The van der Waals surface area contributed by atoms with E-state index in [1.54, 1.807) is 31.2 Å². The summed E-state index contributed by atoms with van der Waals surface area (Å²) >= 11 is 0. The Hall–Kier alpha value is -2.37. The van der Waals surface area contributed by atoms with Gasteiger partial charge in [0.1, 0.15) is 0 Å². The minimum Gasteiger partial charge on any atom is -0.481 e. The van der Waals surface area contributed by atoms with Gasteiger partial charge in [0.2, 0.25) is 5.91 Å². The molecule has 20 heavy (non-hydrogen) atoms. The number of carboxylic acids is 1. The third-order valence-corrected chi connectivity index (χ3v) is 2.82. The van der Waals surface area contributed by atoms with Crippen LogP contribution in [0.1, 0.15) is 30.1 Å². The number of carbonyl (C=O) groups is 3. The maximum absolute atomic E-state index is 11.6. The van der Waals surface area contributed by atoms with Crippen molar-refractivity contribution in [2.75, 3.05) is 12.4 Å². The summed E-state index contributed by atoms with van der Waals surface area (Å²) in [7, 11) is 1.29. The second-order valence-electron chi connectivity index (χ2n) is 4.40. The third-order valence-electron chi connectivity index (χ3n) is 2.82. The molecule has 1 aromatic rings. The van der Waals surface area contributed by atoms with Gasteiger partial charge in [0, 0.05) is 12.1 Å². The summed E-state index contributed by atoms with van der Waals surface area (Å²) in [5.41, 5.74) is 0.940. The molecule has 0 aromatic heterocycles. The standard InChI is InChI=1S/C14H17NO5/c1-9(13(17)18)3-8-12(16)15-11-6-4-10(5-7-11)14(19)20-2/h4-7,9H,3,8H2,1-2H3,(H,15,16)(H,17,18)/t9-/m1/s1. The van der Waals surface area contributed by atoms with Crippen LogP contribution in [0.2, 0.25) is 0 Å². The van der Waals surface area contributed by atoms with Gasteiger partial charge in [-0.1, -0.05) is 6.92 Å². The van der Waals surface area contributed by atoms with E-state index in [2.05, 4.69) is 10.1 Å². The fourth-order valence-corrected chi connectivity index (χ4v) is 1.50. The molecule has 6 nitrogen and oxygen atoms in total. The Labute approximate surface area is 116 Å². The Kier molecular flexibility index (Phi) is 5.71. The predicted octanol–water partition coefficient (Wildman–Crippen LogP) is 1.91.